The van der Waals surface area contributed by atoms with Crippen molar-refractivity contribution in [3.8, 4) is 5.75 Å². The highest BCUT2D eigenvalue weighted by Gasteiger charge is 2.26. The number of aliphatic hydroxyl groups excluding tert-OH is 1. The minimum atomic E-state index is -1.66. The van der Waals surface area contributed by atoms with Crippen molar-refractivity contribution in [3.63, 3.8) is 0 Å². The number of nitrogens with one attached hydrogen (secondary N) is 1. The van der Waals surface area contributed by atoms with Crippen molar-refractivity contribution in [2.24, 2.45) is 0 Å². The number of aliphatic carboxylic acids is 1. The molecule has 1 aromatic rings. The van der Waals surface area contributed by atoms with Gasteiger partial charge in [0.15, 0.2) is 6.10 Å². The molecule has 0 saturated heterocycles. The second-order valence-electron chi connectivity index (χ2n) is 4.15. The van der Waals surface area contributed by atoms with E-state index in [0.717, 1.165) is 5.56 Å². The van der Waals surface area contributed by atoms with Crippen molar-refractivity contribution < 1.29 is 24.5 Å². The molecular formula is C13H17NO5. The number of hydrogen-bond donors (Lipinski definition) is 3. The van der Waals surface area contributed by atoms with Crippen molar-refractivity contribution >= 4 is 11.9 Å². The molecule has 0 saturated carbocycles. The molecule has 0 heterocycles. The molecule has 19 heavy (non-hydrogen) atoms. The standard InChI is InChI=1S/C13H17NO5/c1-8(15)14-11(12(16)13(17)18)7-9-4-3-5-10(6-9)19-2/h3-6,11-12,16H,7H2,1-2H3,(H,14,15)(H,17,18). The number of carboxylic acids is 1. The van der Waals surface area contributed by atoms with Crippen LogP contribution >= 0.6 is 0 Å². The van der Waals surface area contributed by atoms with Crippen molar-refractivity contribution in [1.29, 1.82) is 0 Å². The van der Waals surface area contributed by atoms with E-state index in [1.165, 1.54) is 14.0 Å². The lowest BCUT2D eigenvalue weighted by Crippen LogP contribution is -2.47. The van der Waals surface area contributed by atoms with Gasteiger partial charge in [0.2, 0.25) is 5.91 Å². The van der Waals surface area contributed by atoms with E-state index in [1.54, 1.807) is 24.3 Å². The predicted octanol–water partition coefficient (Wildman–Crippen LogP) is 0.188. The number of hydrogen-bond acceptors (Lipinski definition) is 4. The van der Waals surface area contributed by atoms with Gasteiger partial charge in [-0.2, -0.15) is 0 Å². The molecule has 1 rings (SSSR count). The van der Waals surface area contributed by atoms with Crippen LogP contribution in [-0.4, -0.2) is 41.3 Å². The first-order valence-corrected chi connectivity index (χ1v) is 5.75. The van der Waals surface area contributed by atoms with Crippen LogP contribution in [0.25, 0.3) is 0 Å². The molecule has 0 bridgehead atoms. The summed E-state index contributed by atoms with van der Waals surface area (Å²) in [4.78, 5) is 21.9. The molecule has 3 N–H and O–H groups in total. The lowest BCUT2D eigenvalue weighted by molar-refractivity contribution is -0.148. The van der Waals surface area contributed by atoms with Crippen LogP contribution in [0.5, 0.6) is 5.75 Å². The summed E-state index contributed by atoms with van der Waals surface area (Å²) in [6.45, 7) is 1.27. The molecule has 0 spiro atoms. The fraction of sp³-hybridized carbons (Fsp3) is 0.385. The van der Waals surface area contributed by atoms with Gasteiger partial charge < -0.3 is 20.3 Å². The van der Waals surface area contributed by atoms with E-state index in [4.69, 9.17) is 9.84 Å². The van der Waals surface area contributed by atoms with E-state index in [9.17, 15) is 14.7 Å². The maximum atomic E-state index is 11.1. The summed E-state index contributed by atoms with van der Waals surface area (Å²) in [5.74, 6) is -1.14. The summed E-state index contributed by atoms with van der Waals surface area (Å²) in [7, 11) is 1.52. The fourth-order valence-electron chi connectivity index (χ4n) is 1.73. The maximum absolute atomic E-state index is 11.1. The largest absolute Gasteiger partial charge is 0.497 e. The average Bonchev–Trinajstić information content (AvgIpc) is 2.36. The van der Waals surface area contributed by atoms with E-state index >= 15 is 0 Å². The Morgan fingerprint density at radius 3 is 2.63 bits per heavy atom. The van der Waals surface area contributed by atoms with Gasteiger partial charge in [-0.05, 0) is 24.1 Å². The molecule has 2 unspecified atom stereocenters. The maximum Gasteiger partial charge on any atom is 0.334 e. The lowest BCUT2D eigenvalue weighted by Gasteiger charge is -2.21. The first-order chi connectivity index (χ1) is 8.93. The summed E-state index contributed by atoms with van der Waals surface area (Å²) in [5, 5.41) is 20.8. The quantitative estimate of drug-likeness (QED) is 0.683. The molecule has 104 valence electrons. The second kappa shape index (κ2) is 6.75. The summed E-state index contributed by atoms with van der Waals surface area (Å²) in [5.41, 5.74) is 0.762. The van der Waals surface area contributed by atoms with Crippen LogP contribution in [0.2, 0.25) is 0 Å². The summed E-state index contributed by atoms with van der Waals surface area (Å²) in [6, 6.07) is 6.12. The van der Waals surface area contributed by atoms with Crippen LogP contribution in [-0.2, 0) is 16.0 Å². The smallest absolute Gasteiger partial charge is 0.334 e. The topological polar surface area (TPSA) is 95.9 Å². The average molecular weight is 267 g/mol. The highest BCUT2D eigenvalue weighted by atomic mass is 16.5. The third kappa shape index (κ3) is 4.59. The van der Waals surface area contributed by atoms with Gasteiger partial charge in [0, 0.05) is 6.92 Å². The van der Waals surface area contributed by atoms with Gasteiger partial charge in [-0.3, -0.25) is 4.79 Å². The molecule has 1 aromatic carbocycles. The van der Waals surface area contributed by atoms with Gasteiger partial charge in [0.05, 0.1) is 13.2 Å². The Kier molecular flexibility index (Phi) is 5.32. The minimum Gasteiger partial charge on any atom is -0.497 e. The van der Waals surface area contributed by atoms with Crippen LogP contribution in [0.3, 0.4) is 0 Å². The normalized spacial score (nSPS) is 13.4. The van der Waals surface area contributed by atoms with E-state index in [2.05, 4.69) is 5.32 Å². The molecule has 6 heteroatoms. The Balaban J connectivity index is 2.86. The number of aliphatic hydroxyl groups is 1. The Hall–Kier alpha value is -2.08. The summed E-state index contributed by atoms with van der Waals surface area (Å²) < 4.78 is 5.06. The van der Waals surface area contributed by atoms with E-state index in [-0.39, 0.29) is 6.42 Å². The van der Waals surface area contributed by atoms with Crippen LogP contribution in [0.1, 0.15) is 12.5 Å². The van der Waals surface area contributed by atoms with Crippen molar-refractivity contribution in [2.75, 3.05) is 7.11 Å². The van der Waals surface area contributed by atoms with Crippen LogP contribution in [0.15, 0.2) is 24.3 Å². The zero-order valence-corrected chi connectivity index (χ0v) is 10.8. The Labute approximate surface area is 111 Å². The van der Waals surface area contributed by atoms with Gasteiger partial charge in [-0.25, -0.2) is 4.79 Å². The third-order valence-corrected chi connectivity index (χ3v) is 2.61. The van der Waals surface area contributed by atoms with E-state index in [1.807, 2.05) is 0 Å². The van der Waals surface area contributed by atoms with Gasteiger partial charge in [0.1, 0.15) is 5.75 Å². The molecule has 1 amide bonds. The number of amides is 1. The Morgan fingerprint density at radius 2 is 2.11 bits per heavy atom. The first kappa shape index (κ1) is 15.0. The molecule has 0 radical (unpaired) electrons. The van der Waals surface area contributed by atoms with Crippen molar-refractivity contribution in [2.45, 2.75) is 25.5 Å². The Bertz CT molecular complexity index is 460. The number of rotatable bonds is 6. The molecule has 0 fully saturated rings. The lowest BCUT2D eigenvalue weighted by atomic mass is 10.0. The van der Waals surface area contributed by atoms with Crippen molar-refractivity contribution in [1.82, 2.24) is 5.32 Å². The summed E-state index contributed by atoms with van der Waals surface area (Å²) in [6.07, 6.45) is -1.46. The zero-order chi connectivity index (χ0) is 14.4. The highest BCUT2D eigenvalue weighted by molar-refractivity contribution is 5.77. The number of carbonyl (C=O) groups is 2. The van der Waals surface area contributed by atoms with Crippen LogP contribution in [0.4, 0.5) is 0 Å². The molecule has 0 aliphatic heterocycles. The number of ether oxygens (including phenoxy) is 1. The monoisotopic (exact) mass is 267 g/mol. The number of carbonyl (C=O) groups excluding carboxylic acids is 1. The van der Waals surface area contributed by atoms with Gasteiger partial charge in [-0.15, -0.1) is 0 Å². The van der Waals surface area contributed by atoms with E-state index < -0.39 is 24.0 Å². The predicted molar refractivity (Wildman–Crippen MR) is 67.9 cm³/mol. The SMILES string of the molecule is COc1cccc(CC(NC(C)=O)C(O)C(=O)O)c1. The summed E-state index contributed by atoms with van der Waals surface area (Å²) >= 11 is 0. The number of benzene rings is 1. The fourth-order valence-corrected chi connectivity index (χ4v) is 1.73. The number of methoxy groups -OCH3 is 1. The van der Waals surface area contributed by atoms with Crippen molar-refractivity contribution in [3.05, 3.63) is 29.8 Å². The molecule has 2 atom stereocenters. The molecule has 6 nitrogen and oxygen atoms in total. The molecule has 0 aliphatic carbocycles. The van der Waals surface area contributed by atoms with E-state index in [0.29, 0.717) is 5.75 Å². The second-order valence-corrected chi connectivity index (χ2v) is 4.15. The van der Waals surface area contributed by atoms with Gasteiger partial charge in [0.25, 0.3) is 0 Å². The number of carboxylic acid groups (broad SMARTS) is 1. The van der Waals surface area contributed by atoms with Crippen LogP contribution < -0.4 is 10.1 Å². The third-order valence-electron chi connectivity index (χ3n) is 2.61. The van der Waals surface area contributed by atoms with Gasteiger partial charge in [-0.1, -0.05) is 12.1 Å². The highest BCUT2D eigenvalue weighted by Crippen LogP contribution is 2.15. The van der Waals surface area contributed by atoms with Crippen LogP contribution in [0, 0.1) is 0 Å². The molecule has 0 aliphatic rings. The van der Waals surface area contributed by atoms with Gasteiger partial charge >= 0.3 is 5.97 Å². The Morgan fingerprint density at radius 1 is 1.42 bits per heavy atom. The molecule has 0 aromatic heterocycles. The first-order valence-electron chi connectivity index (χ1n) is 5.75. The molecular weight excluding hydrogens is 250 g/mol. The minimum absolute atomic E-state index is 0.199. The zero-order valence-electron chi connectivity index (χ0n) is 10.8.